The maximum atomic E-state index is 13.9. The third-order valence-corrected chi connectivity index (χ3v) is 5.22. The molecular formula is C26H19FN2O3. The van der Waals surface area contributed by atoms with Crippen LogP contribution in [0.3, 0.4) is 0 Å². The average molecular weight is 426 g/mol. The molecule has 0 aliphatic carbocycles. The highest BCUT2D eigenvalue weighted by Gasteiger charge is 2.11. The van der Waals surface area contributed by atoms with Crippen molar-refractivity contribution in [1.29, 1.82) is 0 Å². The molecule has 0 bridgehead atoms. The quantitative estimate of drug-likeness (QED) is 0.370. The fourth-order valence-corrected chi connectivity index (χ4v) is 3.53. The summed E-state index contributed by atoms with van der Waals surface area (Å²) in [6, 6.07) is 21.3. The minimum atomic E-state index is -0.341. The zero-order valence-electron chi connectivity index (χ0n) is 17.1. The van der Waals surface area contributed by atoms with Gasteiger partial charge in [0.1, 0.15) is 23.8 Å². The molecule has 0 fully saturated rings. The molecule has 5 aromatic rings. The lowest BCUT2D eigenvalue weighted by molar-refractivity contribution is 0.306. The number of halogens is 1. The van der Waals surface area contributed by atoms with Gasteiger partial charge in [0.2, 0.25) is 0 Å². The lowest BCUT2D eigenvalue weighted by atomic mass is 10.0. The van der Waals surface area contributed by atoms with E-state index in [9.17, 15) is 9.18 Å². The van der Waals surface area contributed by atoms with Crippen LogP contribution < -0.4 is 10.2 Å². The van der Waals surface area contributed by atoms with Crippen LogP contribution in [0.15, 0.2) is 101 Å². The molecule has 5 rings (SSSR count). The maximum Gasteiger partial charge on any atom is 0.196 e. The van der Waals surface area contributed by atoms with E-state index in [0.717, 1.165) is 11.3 Å². The standard InChI is InChI=1S/C26H19FN2O3/c27-24-9-5-4-6-19(24)12-20-17-32-25-13-22(10-11-23(25)26(20)30)31-16-18-14-28-29(15-18)21-7-2-1-3-8-21/h1-11,13-15,17H,12,16H2. The van der Waals surface area contributed by atoms with Gasteiger partial charge in [-0.15, -0.1) is 0 Å². The van der Waals surface area contributed by atoms with E-state index >= 15 is 0 Å². The van der Waals surface area contributed by atoms with Crippen molar-refractivity contribution in [1.82, 2.24) is 9.78 Å². The predicted molar refractivity (Wildman–Crippen MR) is 120 cm³/mol. The summed E-state index contributed by atoms with van der Waals surface area (Å²) in [5.41, 5.74) is 2.99. The number of hydrogen-bond donors (Lipinski definition) is 0. The molecule has 2 heterocycles. The minimum Gasteiger partial charge on any atom is -0.489 e. The van der Waals surface area contributed by atoms with Gasteiger partial charge in [0.25, 0.3) is 0 Å². The molecule has 0 saturated heterocycles. The number of fused-ring (bicyclic) bond motifs is 1. The van der Waals surface area contributed by atoms with Crippen molar-refractivity contribution in [2.75, 3.05) is 0 Å². The molecule has 5 nitrogen and oxygen atoms in total. The lowest BCUT2D eigenvalue weighted by Gasteiger charge is -2.07. The molecule has 158 valence electrons. The van der Waals surface area contributed by atoms with Crippen LogP contribution in [0.1, 0.15) is 16.7 Å². The number of hydrogen-bond acceptors (Lipinski definition) is 4. The second kappa shape index (κ2) is 8.51. The molecule has 0 aliphatic rings. The molecule has 0 N–H and O–H groups in total. The Balaban J connectivity index is 1.32. The van der Waals surface area contributed by atoms with Gasteiger partial charge in [-0.3, -0.25) is 4.79 Å². The number of para-hydroxylation sites is 1. The van der Waals surface area contributed by atoms with E-state index in [1.165, 1.54) is 12.3 Å². The Morgan fingerprint density at radius 2 is 1.78 bits per heavy atom. The van der Waals surface area contributed by atoms with Gasteiger partial charge in [-0.2, -0.15) is 5.10 Å². The number of nitrogens with zero attached hydrogens (tertiary/aromatic N) is 2. The van der Waals surface area contributed by atoms with Gasteiger partial charge in [-0.25, -0.2) is 9.07 Å². The Kier molecular flexibility index (Phi) is 5.25. The number of aromatic nitrogens is 2. The summed E-state index contributed by atoms with van der Waals surface area (Å²) in [7, 11) is 0. The average Bonchev–Trinajstić information content (AvgIpc) is 3.31. The van der Waals surface area contributed by atoms with E-state index in [2.05, 4.69) is 5.10 Å². The molecule has 0 unspecified atom stereocenters. The fraction of sp³-hybridized carbons (Fsp3) is 0.0769. The summed E-state index contributed by atoms with van der Waals surface area (Å²) in [6.07, 6.45) is 5.23. The van der Waals surface area contributed by atoms with Crippen LogP contribution in [0.4, 0.5) is 4.39 Å². The van der Waals surface area contributed by atoms with Crippen molar-refractivity contribution in [3.63, 3.8) is 0 Å². The van der Waals surface area contributed by atoms with E-state index in [1.54, 1.807) is 47.3 Å². The topological polar surface area (TPSA) is 57.3 Å². The summed E-state index contributed by atoms with van der Waals surface area (Å²) >= 11 is 0. The Morgan fingerprint density at radius 3 is 2.62 bits per heavy atom. The molecule has 0 amide bonds. The normalized spacial score (nSPS) is 11.0. The Morgan fingerprint density at radius 1 is 0.969 bits per heavy atom. The highest BCUT2D eigenvalue weighted by molar-refractivity contribution is 5.78. The van der Waals surface area contributed by atoms with Crippen molar-refractivity contribution >= 4 is 11.0 Å². The molecule has 0 saturated carbocycles. The second-order valence-corrected chi connectivity index (χ2v) is 7.43. The monoisotopic (exact) mass is 426 g/mol. The van der Waals surface area contributed by atoms with E-state index in [-0.39, 0.29) is 17.7 Å². The summed E-state index contributed by atoms with van der Waals surface area (Å²) in [5.74, 6) is 0.237. The number of benzene rings is 3. The van der Waals surface area contributed by atoms with E-state index in [4.69, 9.17) is 9.15 Å². The molecule has 32 heavy (non-hydrogen) atoms. The first-order valence-electron chi connectivity index (χ1n) is 10.2. The van der Waals surface area contributed by atoms with Gasteiger partial charge in [-0.1, -0.05) is 36.4 Å². The van der Waals surface area contributed by atoms with Crippen molar-refractivity contribution < 1.29 is 13.5 Å². The highest BCUT2D eigenvalue weighted by Crippen LogP contribution is 2.21. The summed E-state index contributed by atoms with van der Waals surface area (Å²) in [6.45, 7) is 0.327. The van der Waals surface area contributed by atoms with E-state index in [0.29, 0.717) is 34.5 Å². The predicted octanol–water partition coefficient (Wildman–Crippen LogP) is 5.29. The van der Waals surface area contributed by atoms with Crippen molar-refractivity contribution in [2.45, 2.75) is 13.0 Å². The minimum absolute atomic E-state index is 0.175. The Hall–Kier alpha value is -4.19. The third-order valence-electron chi connectivity index (χ3n) is 5.22. The van der Waals surface area contributed by atoms with Crippen LogP contribution >= 0.6 is 0 Å². The summed E-state index contributed by atoms with van der Waals surface area (Å²) in [4.78, 5) is 12.8. The van der Waals surface area contributed by atoms with Gasteiger partial charge in [0.05, 0.1) is 23.5 Å². The molecule has 0 atom stereocenters. The first kappa shape index (κ1) is 19.8. The third kappa shape index (κ3) is 4.03. The van der Waals surface area contributed by atoms with Crippen molar-refractivity contribution in [3.05, 3.63) is 124 Å². The first-order valence-corrected chi connectivity index (χ1v) is 10.2. The molecule has 0 spiro atoms. The van der Waals surface area contributed by atoms with Gasteiger partial charge >= 0.3 is 0 Å². The van der Waals surface area contributed by atoms with Gasteiger partial charge in [-0.05, 0) is 35.9 Å². The summed E-state index contributed by atoms with van der Waals surface area (Å²) in [5, 5.41) is 4.79. The first-order chi connectivity index (χ1) is 15.7. The van der Waals surface area contributed by atoms with Crippen LogP contribution in [0.5, 0.6) is 5.75 Å². The van der Waals surface area contributed by atoms with Crippen LogP contribution in [0.2, 0.25) is 0 Å². The Labute approximate surface area is 183 Å². The molecule has 0 radical (unpaired) electrons. The lowest BCUT2D eigenvalue weighted by Crippen LogP contribution is -2.10. The van der Waals surface area contributed by atoms with E-state index in [1.807, 2.05) is 36.5 Å². The zero-order chi connectivity index (χ0) is 21.9. The molecular weight excluding hydrogens is 407 g/mol. The van der Waals surface area contributed by atoms with Crippen molar-refractivity contribution in [2.24, 2.45) is 0 Å². The fourth-order valence-electron chi connectivity index (χ4n) is 3.53. The zero-order valence-corrected chi connectivity index (χ0v) is 17.1. The molecule has 2 aromatic heterocycles. The molecule has 0 aliphatic heterocycles. The van der Waals surface area contributed by atoms with Gasteiger partial charge in [0, 0.05) is 29.8 Å². The smallest absolute Gasteiger partial charge is 0.196 e. The number of ether oxygens (including phenoxy) is 1. The Bertz CT molecular complexity index is 1440. The molecule has 6 heteroatoms. The van der Waals surface area contributed by atoms with Crippen LogP contribution in [0.25, 0.3) is 16.7 Å². The van der Waals surface area contributed by atoms with Gasteiger partial charge in [0.15, 0.2) is 5.43 Å². The van der Waals surface area contributed by atoms with Crippen LogP contribution in [0, 0.1) is 5.82 Å². The highest BCUT2D eigenvalue weighted by atomic mass is 19.1. The molecule has 3 aromatic carbocycles. The van der Waals surface area contributed by atoms with Crippen LogP contribution in [-0.2, 0) is 13.0 Å². The summed E-state index contributed by atoms with van der Waals surface area (Å²) < 4.78 is 27.3. The number of rotatable bonds is 6. The van der Waals surface area contributed by atoms with Crippen LogP contribution in [-0.4, -0.2) is 9.78 Å². The SMILES string of the molecule is O=c1c(Cc2ccccc2F)coc2cc(OCc3cnn(-c4ccccc4)c3)ccc12. The maximum absolute atomic E-state index is 13.9. The van der Waals surface area contributed by atoms with Gasteiger partial charge < -0.3 is 9.15 Å². The second-order valence-electron chi connectivity index (χ2n) is 7.43. The van der Waals surface area contributed by atoms with E-state index < -0.39 is 0 Å². The largest absolute Gasteiger partial charge is 0.489 e. The van der Waals surface area contributed by atoms with Crippen molar-refractivity contribution in [3.8, 4) is 11.4 Å².